The van der Waals surface area contributed by atoms with Crippen molar-refractivity contribution >= 4 is 21.6 Å². The molecule has 1 amide bonds. The van der Waals surface area contributed by atoms with Crippen molar-refractivity contribution < 1.29 is 27.8 Å². The topological polar surface area (TPSA) is 175 Å². The summed E-state index contributed by atoms with van der Waals surface area (Å²) in [4.78, 5) is 22.4. The van der Waals surface area contributed by atoms with E-state index < -0.39 is 33.1 Å². The van der Waals surface area contributed by atoms with E-state index in [4.69, 9.17) is 25.1 Å². The molecule has 0 bridgehead atoms. The summed E-state index contributed by atoms with van der Waals surface area (Å²) in [6.07, 6.45) is -0.829. The molecule has 0 aromatic heterocycles. The molecule has 0 radical (unpaired) electrons. The summed E-state index contributed by atoms with van der Waals surface area (Å²) in [5.41, 5.74) is 16.8. The van der Waals surface area contributed by atoms with Crippen LogP contribution in [-0.2, 0) is 32.5 Å². The van der Waals surface area contributed by atoms with Crippen LogP contribution in [0.25, 0.3) is 10.4 Å². The van der Waals surface area contributed by atoms with Gasteiger partial charge in [0.1, 0.15) is 5.75 Å². The monoisotopic (exact) mass is 682 g/mol. The molecule has 0 saturated heterocycles. The summed E-state index contributed by atoms with van der Waals surface area (Å²) in [6, 6.07) is 29.9. The van der Waals surface area contributed by atoms with Crippen LogP contribution in [0.15, 0.2) is 118 Å². The van der Waals surface area contributed by atoms with Gasteiger partial charge in [0.05, 0.1) is 23.8 Å². The van der Waals surface area contributed by atoms with Crippen molar-refractivity contribution in [1.82, 2.24) is 10.9 Å². The van der Waals surface area contributed by atoms with Crippen molar-refractivity contribution in [2.75, 3.05) is 19.0 Å². The Bertz CT molecular complexity index is 1930. The van der Waals surface area contributed by atoms with Crippen LogP contribution in [0.3, 0.4) is 0 Å². The first-order valence-corrected chi connectivity index (χ1v) is 17.5. The molecule has 0 fully saturated rings. The lowest BCUT2D eigenvalue weighted by Crippen LogP contribution is -2.53. The van der Waals surface area contributed by atoms with Crippen molar-refractivity contribution in [3.05, 3.63) is 141 Å². The maximum atomic E-state index is 14.5. The Morgan fingerprint density at radius 3 is 2.53 bits per heavy atom. The minimum absolute atomic E-state index is 0.00918. The highest BCUT2D eigenvalue weighted by Crippen LogP contribution is 2.44. The number of benzene rings is 4. The number of carbonyl (C=O) groups excluding carboxylic acids is 1. The summed E-state index contributed by atoms with van der Waals surface area (Å²) in [6.45, 7) is 2.61. The third-order valence-corrected chi connectivity index (χ3v) is 9.83. The summed E-state index contributed by atoms with van der Waals surface area (Å²) >= 11 is 0. The van der Waals surface area contributed by atoms with Gasteiger partial charge < -0.3 is 14.6 Å². The Balaban J connectivity index is 1.56. The molecule has 13 heteroatoms. The number of rotatable bonds is 16. The highest BCUT2D eigenvalue weighted by Gasteiger charge is 2.54. The van der Waals surface area contributed by atoms with Gasteiger partial charge >= 0.3 is 0 Å². The highest BCUT2D eigenvalue weighted by molar-refractivity contribution is 7.91. The highest BCUT2D eigenvalue weighted by atomic mass is 32.2. The Kier molecular flexibility index (Phi) is 11.7. The first kappa shape index (κ1) is 35.1. The minimum atomic E-state index is -3.84. The van der Waals surface area contributed by atoms with Gasteiger partial charge in [-0.05, 0) is 65.5 Å². The molecule has 0 saturated carbocycles. The number of aliphatic hydroxyl groups excluding tert-OH is 1. The van der Waals surface area contributed by atoms with Gasteiger partial charge in [-0.25, -0.2) is 18.8 Å². The molecule has 254 valence electrons. The molecule has 5 rings (SSSR count). The van der Waals surface area contributed by atoms with Gasteiger partial charge in [0.15, 0.2) is 21.5 Å². The van der Waals surface area contributed by atoms with E-state index in [0.717, 1.165) is 11.1 Å². The van der Waals surface area contributed by atoms with E-state index in [-0.39, 0.29) is 30.4 Å². The number of azide groups is 1. The van der Waals surface area contributed by atoms with Crippen LogP contribution in [0.4, 0.5) is 0 Å². The zero-order valence-electron chi connectivity index (χ0n) is 27.0. The number of aliphatic imine (C=N–C) groups is 1. The van der Waals surface area contributed by atoms with Crippen molar-refractivity contribution in [1.29, 1.82) is 0 Å². The summed E-state index contributed by atoms with van der Waals surface area (Å²) in [5.74, 6) is -0.289. The van der Waals surface area contributed by atoms with E-state index in [2.05, 4.69) is 20.9 Å². The van der Waals surface area contributed by atoms with Crippen molar-refractivity contribution in [2.45, 2.75) is 49.4 Å². The van der Waals surface area contributed by atoms with E-state index in [1.54, 1.807) is 66.7 Å². The molecule has 1 aliphatic rings. The molecule has 0 unspecified atom stereocenters. The molecule has 1 heterocycles. The third kappa shape index (κ3) is 8.64. The molecule has 4 aromatic carbocycles. The summed E-state index contributed by atoms with van der Waals surface area (Å²) < 4.78 is 39.4. The van der Waals surface area contributed by atoms with Gasteiger partial charge in [-0.2, -0.15) is 0 Å². The smallest absolute Gasteiger partial charge is 0.266 e. The molecular formula is C36H38N6O6S. The lowest BCUT2D eigenvalue weighted by atomic mass is 9.83. The van der Waals surface area contributed by atoms with Gasteiger partial charge in [0, 0.05) is 36.5 Å². The second-order valence-corrected chi connectivity index (χ2v) is 13.7. The van der Waals surface area contributed by atoms with Gasteiger partial charge in [-0.1, -0.05) is 77.4 Å². The fraction of sp³-hybridized carbons (Fsp3) is 0.278. The number of ether oxygens (including phenoxy) is 2. The molecule has 12 nitrogen and oxygen atoms in total. The number of hydrazine groups is 1. The van der Waals surface area contributed by atoms with E-state index in [9.17, 15) is 13.2 Å². The van der Waals surface area contributed by atoms with Gasteiger partial charge in [-0.3, -0.25) is 10.2 Å². The van der Waals surface area contributed by atoms with Crippen LogP contribution < -0.4 is 15.6 Å². The predicted molar refractivity (Wildman–Crippen MR) is 185 cm³/mol. The predicted octanol–water partition coefficient (Wildman–Crippen LogP) is 5.51. The fourth-order valence-electron chi connectivity index (χ4n) is 5.58. The Morgan fingerprint density at radius 2 is 1.80 bits per heavy atom. The van der Waals surface area contributed by atoms with Crippen LogP contribution in [0.1, 0.15) is 46.8 Å². The first-order valence-electron chi connectivity index (χ1n) is 15.8. The minimum Gasteiger partial charge on any atom is -0.494 e. The lowest BCUT2D eigenvalue weighted by Gasteiger charge is -2.31. The van der Waals surface area contributed by atoms with Crippen molar-refractivity contribution in [3.8, 4) is 5.75 Å². The van der Waals surface area contributed by atoms with Crippen LogP contribution in [-0.4, -0.2) is 49.8 Å². The van der Waals surface area contributed by atoms with Crippen molar-refractivity contribution in [3.63, 3.8) is 0 Å². The largest absolute Gasteiger partial charge is 0.494 e. The molecule has 4 aromatic rings. The number of hydrogen-bond donors (Lipinski definition) is 3. The Hall–Kier alpha value is -5.20. The van der Waals surface area contributed by atoms with E-state index in [0.29, 0.717) is 42.0 Å². The summed E-state index contributed by atoms with van der Waals surface area (Å²) in [7, 11) is -3.84. The number of carbonyl (C=O) groups is 1. The number of nitrogens with one attached hydrogen (secondary N) is 2. The number of sulfone groups is 1. The van der Waals surface area contributed by atoms with Gasteiger partial charge in [-0.15, -0.1) is 0 Å². The molecule has 49 heavy (non-hydrogen) atoms. The molecule has 3 N–H and O–H groups in total. The van der Waals surface area contributed by atoms with Gasteiger partial charge in [0.25, 0.3) is 5.91 Å². The third-order valence-electron chi connectivity index (χ3n) is 8.10. The van der Waals surface area contributed by atoms with E-state index in [1.165, 1.54) is 12.1 Å². The number of aliphatic hydroxyl groups is 1. The normalized spacial score (nSPS) is 17.0. The number of aryl methyl sites for hydroxylation is 1. The zero-order chi connectivity index (χ0) is 34.7. The van der Waals surface area contributed by atoms with Crippen LogP contribution in [0, 0.1) is 6.92 Å². The standard InChI is InChI=1S/C36H38N6O6S/c1-26-9-7-10-27(23-26)24-38-41-35(44)36(19-22-49(45,46)31-12-3-2-4-13-31)33(32-14-6-5-11-29(32)25-39-42-37)48-34(40-36)28-15-17-30(18-16-28)47-21-8-20-43/h2-7,9-18,23,33,38,43H,8,19-22,24-25H2,1H3,(H,41,44)/t33-,36-/m0/s1. The van der Waals surface area contributed by atoms with Crippen LogP contribution in [0.2, 0.25) is 0 Å². The van der Waals surface area contributed by atoms with Crippen LogP contribution >= 0.6 is 0 Å². The molecule has 0 spiro atoms. The molecule has 0 aliphatic carbocycles. The van der Waals surface area contributed by atoms with E-state index >= 15 is 0 Å². The number of amides is 1. The number of nitrogens with zero attached hydrogens (tertiary/aromatic N) is 4. The second kappa shape index (κ2) is 16.3. The van der Waals surface area contributed by atoms with Crippen LogP contribution in [0.5, 0.6) is 5.75 Å². The molecule has 2 atom stereocenters. The first-order chi connectivity index (χ1) is 23.8. The van der Waals surface area contributed by atoms with E-state index in [1.807, 2.05) is 31.2 Å². The fourth-order valence-corrected chi connectivity index (χ4v) is 6.97. The van der Waals surface area contributed by atoms with Gasteiger partial charge in [0.2, 0.25) is 5.90 Å². The molecule has 1 aliphatic heterocycles. The van der Waals surface area contributed by atoms with Crippen molar-refractivity contribution in [2.24, 2.45) is 10.1 Å². The maximum absolute atomic E-state index is 14.5. The number of hydrogen-bond acceptors (Lipinski definition) is 9. The lowest BCUT2D eigenvalue weighted by molar-refractivity contribution is -0.130. The second-order valence-electron chi connectivity index (χ2n) is 11.6. The average Bonchev–Trinajstić information content (AvgIpc) is 3.51. The maximum Gasteiger partial charge on any atom is 0.266 e. The Labute approximate surface area is 285 Å². The average molecular weight is 683 g/mol. The Morgan fingerprint density at radius 1 is 1.04 bits per heavy atom. The quantitative estimate of drug-likeness (QED) is 0.0459. The SMILES string of the molecule is Cc1cccc(CNNC(=O)[C@@]2(CCS(=O)(=O)c3ccccc3)N=C(c3ccc(OCCCO)cc3)O[C@H]2c2ccccc2CN=[N+]=[N-])c1. The molecular weight excluding hydrogens is 644 g/mol. The summed E-state index contributed by atoms with van der Waals surface area (Å²) in [5, 5.41) is 12.8. The zero-order valence-corrected chi connectivity index (χ0v) is 27.8.